The molecule has 0 fully saturated rings. The third kappa shape index (κ3) is 2.43. The third-order valence-electron chi connectivity index (χ3n) is 1.53. The zero-order chi connectivity index (χ0) is 9.80. The molecule has 0 saturated carbocycles. The van der Waals surface area contributed by atoms with E-state index in [0.717, 1.165) is 15.7 Å². The molecular weight excluding hydrogens is 238 g/mol. The molecule has 2 aromatic heterocycles. The van der Waals surface area contributed by atoms with E-state index in [0.29, 0.717) is 5.15 Å². The van der Waals surface area contributed by atoms with Gasteiger partial charge in [-0.2, -0.15) is 4.37 Å². The molecule has 72 valence electrons. The minimum absolute atomic E-state index is 0.560. The van der Waals surface area contributed by atoms with Gasteiger partial charge >= 0.3 is 0 Å². The maximum absolute atomic E-state index is 5.91. The zero-order valence-corrected chi connectivity index (χ0v) is 9.44. The lowest BCUT2D eigenvalue weighted by Crippen LogP contribution is -1.84. The first-order valence-corrected chi connectivity index (χ1v) is 5.99. The van der Waals surface area contributed by atoms with Gasteiger partial charge in [-0.3, -0.25) is 0 Å². The molecule has 0 N–H and O–H groups in total. The van der Waals surface area contributed by atoms with Crippen LogP contribution < -0.4 is 0 Å². The van der Waals surface area contributed by atoms with Gasteiger partial charge in [0.1, 0.15) is 11.5 Å². The maximum Gasteiger partial charge on any atom is 0.170 e. The van der Waals surface area contributed by atoms with Crippen molar-refractivity contribution in [2.45, 2.75) is 10.1 Å². The molecule has 6 heteroatoms. The van der Waals surface area contributed by atoms with Crippen LogP contribution in [0.1, 0.15) is 5.56 Å². The Morgan fingerprint density at radius 3 is 3.07 bits per heavy atom. The standard InChI is InChI=1S/C8H6ClN3S2/c9-7-6(2-1-3-10-7)4-13-8-11-5-12-14-8/h1-3,5H,4H2. The summed E-state index contributed by atoms with van der Waals surface area (Å²) in [6, 6.07) is 3.84. The van der Waals surface area contributed by atoms with Crippen molar-refractivity contribution in [3.8, 4) is 0 Å². The van der Waals surface area contributed by atoms with Crippen molar-refractivity contribution in [1.82, 2.24) is 14.3 Å². The van der Waals surface area contributed by atoms with Crippen LogP contribution >= 0.6 is 34.9 Å². The van der Waals surface area contributed by atoms with E-state index in [1.54, 1.807) is 24.3 Å². The summed E-state index contributed by atoms with van der Waals surface area (Å²) in [5.41, 5.74) is 1.02. The first-order valence-electron chi connectivity index (χ1n) is 3.85. The van der Waals surface area contributed by atoms with Crippen LogP contribution in [0.2, 0.25) is 5.15 Å². The number of halogens is 1. The Hall–Kier alpha value is -0.650. The molecule has 0 saturated heterocycles. The first-order chi connectivity index (χ1) is 6.86. The van der Waals surface area contributed by atoms with E-state index in [9.17, 15) is 0 Å². The lowest BCUT2D eigenvalue weighted by atomic mass is 10.3. The number of aromatic nitrogens is 3. The molecule has 3 nitrogen and oxygen atoms in total. The smallest absolute Gasteiger partial charge is 0.170 e. The molecule has 0 aliphatic rings. The molecule has 2 rings (SSSR count). The summed E-state index contributed by atoms with van der Waals surface area (Å²) in [5.74, 6) is 0.780. The summed E-state index contributed by atoms with van der Waals surface area (Å²) in [7, 11) is 0. The van der Waals surface area contributed by atoms with Gasteiger partial charge in [0, 0.05) is 11.9 Å². The second-order valence-corrected chi connectivity index (χ2v) is 4.81. The lowest BCUT2D eigenvalue weighted by Gasteiger charge is -1.99. The van der Waals surface area contributed by atoms with Crippen molar-refractivity contribution in [2.75, 3.05) is 0 Å². The topological polar surface area (TPSA) is 38.7 Å². The van der Waals surface area contributed by atoms with E-state index in [1.165, 1.54) is 11.5 Å². The fraction of sp³-hybridized carbons (Fsp3) is 0.125. The molecule has 14 heavy (non-hydrogen) atoms. The molecule has 0 radical (unpaired) electrons. The van der Waals surface area contributed by atoms with E-state index in [1.807, 2.05) is 12.1 Å². The molecule has 0 spiro atoms. The molecule has 0 bridgehead atoms. The van der Waals surface area contributed by atoms with Gasteiger partial charge in [-0.15, -0.1) is 0 Å². The van der Waals surface area contributed by atoms with Crippen LogP contribution in [0, 0.1) is 0 Å². The van der Waals surface area contributed by atoms with Crippen molar-refractivity contribution < 1.29 is 0 Å². The van der Waals surface area contributed by atoms with Gasteiger partial charge in [-0.25, -0.2) is 9.97 Å². The number of pyridine rings is 1. The Morgan fingerprint density at radius 2 is 2.36 bits per heavy atom. The number of hydrogen-bond acceptors (Lipinski definition) is 5. The van der Waals surface area contributed by atoms with Gasteiger partial charge in [0.15, 0.2) is 4.34 Å². The average Bonchev–Trinajstić information content (AvgIpc) is 2.69. The van der Waals surface area contributed by atoms with Crippen LogP contribution in [0.25, 0.3) is 0 Å². The Bertz CT molecular complexity index is 405. The van der Waals surface area contributed by atoms with Gasteiger partial charge in [-0.1, -0.05) is 29.4 Å². The monoisotopic (exact) mass is 243 g/mol. The highest BCUT2D eigenvalue weighted by Crippen LogP contribution is 2.25. The fourth-order valence-corrected chi connectivity index (χ4v) is 2.59. The SMILES string of the molecule is Clc1ncccc1CSc1ncns1. The Morgan fingerprint density at radius 1 is 1.43 bits per heavy atom. The van der Waals surface area contributed by atoms with Gasteiger partial charge in [0.2, 0.25) is 0 Å². The molecule has 0 atom stereocenters. The van der Waals surface area contributed by atoms with Gasteiger partial charge in [-0.05, 0) is 23.2 Å². The molecule has 0 amide bonds. The van der Waals surface area contributed by atoms with Crippen molar-refractivity contribution in [3.63, 3.8) is 0 Å². The molecule has 0 aromatic carbocycles. The van der Waals surface area contributed by atoms with Crippen LogP contribution in [0.3, 0.4) is 0 Å². The summed E-state index contributed by atoms with van der Waals surface area (Å²) in [5, 5.41) is 0.560. The maximum atomic E-state index is 5.91. The van der Waals surface area contributed by atoms with E-state index in [2.05, 4.69) is 14.3 Å². The van der Waals surface area contributed by atoms with Crippen LogP contribution in [0.4, 0.5) is 0 Å². The van der Waals surface area contributed by atoms with Crippen molar-refractivity contribution in [3.05, 3.63) is 35.4 Å². The summed E-state index contributed by atoms with van der Waals surface area (Å²) in [6.45, 7) is 0. The van der Waals surface area contributed by atoms with Crippen LogP contribution in [-0.4, -0.2) is 14.3 Å². The minimum atomic E-state index is 0.560. The van der Waals surface area contributed by atoms with Crippen LogP contribution in [-0.2, 0) is 5.75 Å². The zero-order valence-electron chi connectivity index (χ0n) is 7.05. The van der Waals surface area contributed by atoms with Crippen LogP contribution in [0.15, 0.2) is 29.0 Å². The Kier molecular flexibility index (Phi) is 3.34. The predicted octanol–water partition coefficient (Wildman–Crippen LogP) is 2.88. The van der Waals surface area contributed by atoms with Gasteiger partial charge in [0.25, 0.3) is 0 Å². The molecule has 2 aromatic rings. The Balaban J connectivity index is 2.02. The predicted molar refractivity (Wildman–Crippen MR) is 58.7 cm³/mol. The quantitative estimate of drug-likeness (QED) is 0.614. The first kappa shape index (κ1) is 9.89. The number of hydrogen-bond donors (Lipinski definition) is 0. The van der Waals surface area contributed by atoms with Crippen molar-refractivity contribution >= 4 is 34.9 Å². The van der Waals surface area contributed by atoms with Crippen molar-refractivity contribution in [1.29, 1.82) is 0 Å². The Labute approximate surface area is 94.7 Å². The van der Waals surface area contributed by atoms with Gasteiger partial charge < -0.3 is 0 Å². The number of thioether (sulfide) groups is 1. The third-order valence-corrected chi connectivity index (χ3v) is 3.72. The molecule has 2 heterocycles. The average molecular weight is 244 g/mol. The van der Waals surface area contributed by atoms with Gasteiger partial charge in [0.05, 0.1) is 0 Å². The molecule has 0 aliphatic heterocycles. The molecule has 0 unspecified atom stereocenters. The second kappa shape index (κ2) is 4.72. The summed E-state index contributed by atoms with van der Waals surface area (Å²) >= 11 is 8.91. The van der Waals surface area contributed by atoms with E-state index >= 15 is 0 Å². The van der Waals surface area contributed by atoms with E-state index < -0.39 is 0 Å². The van der Waals surface area contributed by atoms with Crippen molar-refractivity contribution in [2.24, 2.45) is 0 Å². The van der Waals surface area contributed by atoms with E-state index in [4.69, 9.17) is 11.6 Å². The molecule has 0 aliphatic carbocycles. The summed E-state index contributed by atoms with van der Waals surface area (Å²) in [6.07, 6.45) is 3.24. The lowest BCUT2D eigenvalue weighted by molar-refractivity contribution is 1.20. The normalized spacial score (nSPS) is 10.4. The molecular formula is C8H6ClN3S2. The number of rotatable bonds is 3. The summed E-state index contributed by atoms with van der Waals surface area (Å²) < 4.78 is 4.87. The highest BCUT2D eigenvalue weighted by molar-refractivity contribution is 8.00. The largest absolute Gasteiger partial charge is 0.244 e. The number of nitrogens with zero attached hydrogens (tertiary/aromatic N) is 3. The van der Waals surface area contributed by atoms with Crippen LogP contribution in [0.5, 0.6) is 0 Å². The van der Waals surface area contributed by atoms with E-state index in [-0.39, 0.29) is 0 Å². The fourth-order valence-electron chi connectivity index (χ4n) is 0.893. The summed E-state index contributed by atoms with van der Waals surface area (Å²) in [4.78, 5) is 8.07. The highest BCUT2D eigenvalue weighted by Gasteiger charge is 2.02. The highest BCUT2D eigenvalue weighted by atomic mass is 35.5. The second-order valence-electron chi connectivity index (χ2n) is 2.45. The minimum Gasteiger partial charge on any atom is -0.244 e.